The molecule has 0 bridgehead atoms. The van der Waals surface area contributed by atoms with Crippen LogP contribution in [0.5, 0.6) is 0 Å². The standard InChI is InChI=1S/C16H23N3O3S/c1-23(2,3)9-8-21-12-19-15-5-4-14(10-13(15)11-17-19)18-6-7-22-16(18)20/h4-5,10-11H,6-9,12H2,1-3H3. The van der Waals surface area contributed by atoms with Crippen molar-refractivity contribution in [3.05, 3.63) is 24.4 Å². The molecule has 1 fully saturated rings. The van der Waals surface area contributed by atoms with Gasteiger partial charge in [0.25, 0.3) is 0 Å². The molecule has 0 N–H and O–H groups in total. The second kappa shape index (κ2) is 6.41. The number of cyclic esters (lactones) is 1. The van der Waals surface area contributed by atoms with E-state index < -0.39 is 10.0 Å². The minimum absolute atomic E-state index is 0.287. The lowest BCUT2D eigenvalue weighted by atomic mass is 10.2. The molecule has 1 aromatic carbocycles. The van der Waals surface area contributed by atoms with Crippen LogP contribution < -0.4 is 4.90 Å². The Bertz CT molecular complexity index is 708. The van der Waals surface area contributed by atoms with Gasteiger partial charge in [-0.25, -0.2) is 19.5 Å². The number of aromatic nitrogens is 2. The number of rotatable bonds is 6. The van der Waals surface area contributed by atoms with E-state index in [9.17, 15) is 4.79 Å². The number of anilines is 1. The lowest BCUT2D eigenvalue weighted by molar-refractivity contribution is 0.0841. The van der Waals surface area contributed by atoms with Crippen molar-refractivity contribution in [1.82, 2.24) is 9.78 Å². The van der Waals surface area contributed by atoms with E-state index >= 15 is 0 Å². The van der Waals surface area contributed by atoms with Crippen molar-refractivity contribution < 1.29 is 14.3 Å². The zero-order valence-corrected chi connectivity index (χ0v) is 14.6. The van der Waals surface area contributed by atoms with E-state index in [2.05, 4.69) is 23.9 Å². The molecule has 7 heteroatoms. The second-order valence-electron chi connectivity index (χ2n) is 6.49. The van der Waals surface area contributed by atoms with Crippen molar-refractivity contribution in [2.45, 2.75) is 6.73 Å². The van der Waals surface area contributed by atoms with Gasteiger partial charge in [-0.05, 0) is 37.0 Å². The number of carbonyl (C=O) groups is 1. The number of benzene rings is 1. The fourth-order valence-corrected chi connectivity index (χ4v) is 3.05. The molecule has 0 unspecified atom stereocenters. The molecule has 2 heterocycles. The molecule has 0 saturated carbocycles. The Morgan fingerprint density at radius 1 is 1.35 bits per heavy atom. The van der Waals surface area contributed by atoms with Crippen LogP contribution in [0.15, 0.2) is 24.4 Å². The zero-order chi connectivity index (χ0) is 16.4. The monoisotopic (exact) mass is 337 g/mol. The molecule has 0 aliphatic carbocycles. The van der Waals surface area contributed by atoms with Crippen LogP contribution in [0.1, 0.15) is 0 Å². The number of hydrogen-bond donors (Lipinski definition) is 0. The zero-order valence-electron chi connectivity index (χ0n) is 13.8. The summed E-state index contributed by atoms with van der Waals surface area (Å²) < 4.78 is 12.6. The first-order chi connectivity index (χ1) is 10.9. The van der Waals surface area contributed by atoms with Gasteiger partial charge < -0.3 is 9.47 Å². The molecule has 0 atom stereocenters. The molecular weight excluding hydrogens is 314 g/mol. The summed E-state index contributed by atoms with van der Waals surface area (Å²) >= 11 is 0. The Labute approximate surface area is 137 Å². The van der Waals surface area contributed by atoms with Crippen LogP contribution in [0, 0.1) is 0 Å². The molecule has 0 spiro atoms. The van der Waals surface area contributed by atoms with Gasteiger partial charge in [0.05, 0.1) is 24.9 Å². The van der Waals surface area contributed by atoms with Gasteiger partial charge in [-0.15, -0.1) is 0 Å². The third-order valence-electron chi connectivity index (χ3n) is 3.75. The topological polar surface area (TPSA) is 56.6 Å². The quantitative estimate of drug-likeness (QED) is 0.761. The third-order valence-corrected chi connectivity index (χ3v) is 5.14. The van der Waals surface area contributed by atoms with Gasteiger partial charge >= 0.3 is 6.09 Å². The van der Waals surface area contributed by atoms with Gasteiger partial charge in [-0.3, -0.25) is 4.90 Å². The third kappa shape index (κ3) is 3.79. The summed E-state index contributed by atoms with van der Waals surface area (Å²) in [5.41, 5.74) is 1.85. The summed E-state index contributed by atoms with van der Waals surface area (Å²) in [6, 6.07) is 5.86. The van der Waals surface area contributed by atoms with Gasteiger partial charge in [0.2, 0.25) is 0 Å². The minimum atomic E-state index is -0.532. The summed E-state index contributed by atoms with van der Waals surface area (Å²) in [5.74, 6) is 1.09. The molecule has 3 rings (SSSR count). The maximum atomic E-state index is 11.6. The number of amides is 1. The van der Waals surface area contributed by atoms with Crippen LogP contribution in [-0.4, -0.2) is 60.2 Å². The van der Waals surface area contributed by atoms with Crippen LogP contribution in [0.3, 0.4) is 0 Å². The summed E-state index contributed by atoms with van der Waals surface area (Å²) in [6.07, 6.45) is 8.36. The van der Waals surface area contributed by atoms with E-state index in [0.717, 1.165) is 29.0 Å². The van der Waals surface area contributed by atoms with Crippen molar-refractivity contribution in [1.29, 1.82) is 0 Å². The molecule has 0 radical (unpaired) electrons. The summed E-state index contributed by atoms with van der Waals surface area (Å²) in [7, 11) is -0.532. The molecule has 1 aliphatic heterocycles. The lowest BCUT2D eigenvalue weighted by Crippen LogP contribution is -2.23. The van der Waals surface area contributed by atoms with E-state index in [1.807, 2.05) is 22.9 Å². The normalized spacial score (nSPS) is 16.1. The van der Waals surface area contributed by atoms with Crippen molar-refractivity contribution >= 4 is 32.7 Å². The summed E-state index contributed by atoms with van der Waals surface area (Å²) in [5, 5.41) is 5.37. The molecule has 2 aromatic rings. The largest absolute Gasteiger partial charge is 0.447 e. The smallest absolute Gasteiger partial charge is 0.414 e. The maximum absolute atomic E-state index is 11.6. The first-order valence-electron chi connectivity index (χ1n) is 7.58. The highest BCUT2D eigenvalue weighted by Gasteiger charge is 2.23. The Balaban J connectivity index is 1.68. The summed E-state index contributed by atoms with van der Waals surface area (Å²) in [6.45, 7) is 2.23. The molecular formula is C16H23N3O3S. The first kappa shape index (κ1) is 16.1. The minimum Gasteiger partial charge on any atom is -0.447 e. The molecule has 1 saturated heterocycles. The molecule has 23 heavy (non-hydrogen) atoms. The van der Waals surface area contributed by atoms with E-state index in [1.165, 1.54) is 0 Å². The van der Waals surface area contributed by atoms with Gasteiger partial charge in [0.1, 0.15) is 13.3 Å². The van der Waals surface area contributed by atoms with Gasteiger partial charge in [-0.1, -0.05) is 0 Å². The van der Waals surface area contributed by atoms with Gasteiger partial charge in [0, 0.05) is 16.8 Å². The molecule has 6 nitrogen and oxygen atoms in total. The van der Waals surface area contributed by atoms with E-state index in [1.54, 1.807) is 11.1 Å². The number of carbonyl (C=O) groups excluding carboxylic acids is 1. The Morgan fingerprint density at radius 3 is 2.87 bits per heavy atom. The highest BCUT2D eigenvalue weighted by molar-refractivity contribution is 8.32. The fourth-order valence-electron chi connectivity index (χ4n) is 2.43. The maximum Gasteiger partial charge on any atom is 0.414 e. The lowest BCUT2D eigenvalue weighted by Gasteiger charge is -2.24. The summed E-state index contributed by atoms with van der Waals surface area (Å²) in [4.78, 5) is 13.3. The average molecular weight is 337 g/mol. The second-order valence-corrected chi connectivity index (χ2v) is 11.1. The Morgan fingerprint density at radius 2 is 2.17 bits per heavy atom. The first-order valence-corrected chi connectivity index (χ1v) is 10.6. The van der Waals surface area contributed by atoms with Crippen molar-refractivity contribution in [3.63, 3.8) is 0 Å². The van der Waals surface area contributed by atoms with E-state index in [4.69, 9.17) is 9.47 Å². The predicted molar refractivity (Wildman–Crippen MR) is 94.6 cm³/mol. The van der Waals surface area contributed by atoms with Crippen LogP contribution in [0.25, 0.3) is 10.9 Å². The predicted octanol–water partition coefficient (Wildman–Crippen LogP) is 2.66. The van der Waals surface area contributed by atoms with Crippen LogP contribution >= 0.6 is 10.0 Å². The van der Waals surface area contributed by atoms with Crippen molar-refractivity contribution in [2.24, 2.45) is 0 Å². The molecule has 1 aromatic heterocycles. The average Bonchev–Trinajstić information content (AvgIpc) is 3.08. The van der Waals surface area contributed by atoms with Crippen LogP contribution in [0.4, 0.5) is 10.5 Å². The molecule has 1 aliphatic rings. The Kier molecular flexibility index (Phi) is 4.50. The van der Waals surface area contributed by atoms with Crippen molar-refractivity contribution in [2.75, 3.05) is 49.2 Å². The van der Waals surface area contributed by atoms with E-state index in [0.29, 0.717) is 19.9 Å². The number of nitrogens with zero attached hydrogens (tertiary/aromatic N) is 3. The van der Waals surface area contributed by atoms with Gasteiger partial charge in [-0.2, -0.15) is 5.10 Å². The number of fused-ring (bicyclic) bond motifs is 1. The SMILES string of the molecule is CS(C)(C)CCOCn1ncc2cc(N3CCOC3=O)ccc21. The highest BCUT2D eigenvalue weighted by atomic mass is 32.3. The van der Waals surface area contributed by atoms with Gasteiger partial charge in [0.15, 0.2) is 0 Å². The fraction of sp³-hybridized carbons (Fsp3) is 0.500. The Hall–Kier alpha value is -1.73. The molecule has 1 amide bonds. The molecule has 126 valence electrons. The van der Waals surface area contributed by atoms with Crippen molar-refractivity contribution in [3.8, 4) is 0 Å². The van der Waals surface area contributed by atoms with E-state index in [-0.39, 0.29) is 6.09 Å². The highest BCUT2D eigenvalue weighted by Crippen LogP contribution is 2.33. The number of hydrogen-bond acceptors (Lipinski definition) is 4. The number of ether oxygens (including phenoxy) is 2. The van der Waals surface area contributed by atoms with Crippen LogP contribution in [0.2, 0.25) is 0 Å². The van der Waals surface area contributed by atoms with Crippen LogP contribution in [-0.2, 0) is 16.2 Å².